The molecule has 34 heavy (non-hydrogen) atoms. The highest BCUT2D eigenvalue weighted by atomic mass is 32.1. The molecular formula is C24H18N4O5S. The van der Waals surface area contributed by atoms with Gasteiger partial charge in [0.15, 0.2) is 5.69 Å². The molecule has 1 N–H and O–H groups in total. The number of nitrogens with one attached hydrogen (secondary N) is 1. The van der Waals surface area contributed by atoms with Crippen LogP contribution in [-0.2, 0) is 4.74 Å². The number of thiophene rings is 1. The van der Waals surface area contributed by atoms with Gasteiger partial charge in [-0.25, -0.2) is 4.79 Å². The largest absolute Gasteiger partial charge is 0.462 e. The lowest BCUT2D eigenvalue weighted by molar-refractivity contribution is -0.384. The Morgan fingerprint density at radius 1 is 1.18 bits per heavy atom. The van der Waals surface area contributed by atoms with Gasteiger partial charge < -0.3 is 4.74 Å². The molecule has 0 bridgehead atoms. The summed E-state index contributed by atoms with van der Waals surface area (Å²) >= 11 is 1.52. The number of benzene rings is 2. The number of hydrogen-bond acceptors (Lipinski definition) is 7. The van der Waals surface area contributed by atoms with Crippen LogP contribution in [0.3, 0.4) is 0 Å². The molecule has 1 aliphatic rings. The summed E-state index contributed by atoms with van der Waals surface area (Å²) in [5.41, 5.74) is 3.33. The van der Waals surface area contributed by atoms with Crippen molar-refractivity contribution in [1.29, 1.82) is 0 Å². The predicted molar refractivity (Wildman–Crippen MR) is 126 cm³/mol. The number of carbonyl (C=O) groups is 2. The van der Waals surface area contributed by atoms with Crippen LogP contribution in [0, 0.1) is 10.1 Å². The van der Waals surface area contributed by atoms with Crippen LogP contribution in [0.15, 0.2) is 66.0 Å². The molecule has 9 nitrogen and oxygen atoms in total. The number of nitro groups is 1. The number of rotatable bonds is 6. The number of amides is 1. The highest BCUT2D eigenvalue weighted by Crippen LogP contribution is 2.45. The molecule has 0 aliphatic carbocycles. The molecule has 5 rings (SSSR count). The number of aromatic nitrogens is 2. The van der Waals surface area contributed by atoms with E-state index in [4.69, 9.17) is 4.74 Å². The number of H-pyrrole nitrogens is 1. The third kappa shape index (κ3) is 3.54. The van der Waals surface area contributed by atoms with Gasteiger partial charge in [-0.3, -0.25) is 24.9 Å². The Labute approximate surface area is 197 Å². The summed E-state index contributed by atoms with van der Waals surface area (Å²) in [6.45, 7) is 2.00. The SMILES string of the molecule is CCOC(=O)c1ccc(N2C(=O)c3n[nH]c(-c4cccs4)c3[C@H]2c2ccc([N+](=O)[O-])cc2)cc1. The summed E-state index contributed by atoms with van der Waals surface area (Å²) < 4.78 is 5.04. The Morgan fingerprint density at radius 2 is 1.91 bits per heavy atom. The van der Waals surface area contributed by atoms with Crippen molar-refractivity contribution in [3.63, 3.8) is 0 Å². The van der Waals surface area contributed by atoms with Crippen LogP contribution in [0.2, 0.25) is 0 Å². The molecular weight excluding hydrogens is 456 g/mol. The number of non-ortho nitro benzene ring substituents is 1. The molecule has 4 aromatic rings. The summed E-state index contributed by atoms with van der Waals surface area (Å²) in [4.78, 5) is 38.8. The fourth-order valence-corrected chi connectivity index (χ4v) is 4.82. The lowest BCUT2D eigenvalue weighted by Crippen LogP contribution is -2.29. The zero-order valence-electron chi connectivity index (χ0n) is 17.9. The van der Waals surface area contributed by atoms with E-state index in [2.05, 4.69) is 10.2 Å². The first-order valence-corrected chi connectivity index (χ1v) is 11.3. The van der Waals surface area contributed by atoms with Gasteiger partial charge in [-0.05, 0) is 60.3 Å². The van der Waals surface area contributed by atoms with Gasteiger partial charge in [-0.1, -0.05) is 6.07 Å². The number of hydrogen-bond donors (Lipinski definition) is 1. The Morgan fingerprint density at radius 3 is 2.53 bits per heavy atom. The van der Waals surface area contributed by atoms with Crippen LogP contribution < -0.4 is 4.90 Å². The van der Waals surface area contributed by atoms with Crippen molar-refractivity contribution < 1.29 is 19.2 Å². The second kappa shape index (κ2) is 8.56. The van der Waals surface area contributed by atoms with Gasteiger partial charge in [0.05, 0.1) is 33.7 Å². The molecule has 0 unspecified atom stereocenters. The maximum Gasteiger partial charge on any atom is 0.338 e. The fourth-order valence-electron chi connectivity index (χ4n) is 4.08. The van der Waals surface area contributed by atoms with Crippen molar-refractivity contribution in [3.8, 4) is 10.6 Å². The van der Waals surface area contributed by atoms with Crippen molar-refractivity contribution in [2.45, 2.75) is 13.0 Å². The topological polar surface area (TPSA) is 118 Å². The Kier molecular flexibility index (Phi) is 5.42. The first-order chi connectivity index (χ1) is 16.5. The van der Waals surface area contributed by atoms with Crippen LogP contribution in [0.4, 0.5) is 11.4 Å². The number of carbonyl (C=O) groups excluding carboxylic acids is 2. The summed E-state index contributed by atoms with van der Waals surface area (Å²) in [6.07, 6.45) is 0. The van der Waals surface area contributed by atoms with Gasteiger partial charge in [0, 0.05) is 23.4 Å². The molecule has 2 aromatic heterocycles. The number of ether oxygens (including phenoxy) is 1. The lowest BCUT2D eigenvalue weighted by atomic mass is 9.97. The van der Waals surface area contributed by atoms with E-state index in [9.17, 15) is 19.7 Å². The van der Waals surface area contributed by atoms with Crippen molar-refractivity contribution in [2.24, 2.45) is 0 Å². The van der Waals surface area contributed by atoms with Crippen LogP contribution in [0.25, 0.3) is 10.6 Å². The van der Waals surface area contributed by atoms with Crippen LogP contribution >= 0.6 is 11.3 Å². The molecule has 0 saturated heterocycles. The molecule has 0 fully saturated rings. The molecule has 0 radical (unpaired) electrons. The number of nitrogens with zero attached hydrogens (tertiary/aromatic N) is 3. The maximum atomic E-state index is 13.5. The van der Waals surface area contributed by atoms with Crippen molar-refractivity contribution in [1.82, 2.24) is 10.2 Å². The van der Waals surface area contributed by atoms with Crippen LogP contribution in [0.5, 0.6) is 0 Å². The van der Waals surface area contributed by atoms with Gasteiger partial charge in [-0.2, -0.15) is 5.10 Å². The van der Waals surface area contributed by atoms with E-state index in [0.717, 1.165) is 10.6 Å². The summed E-state index contributed by atoms with van der Waals surface area (Å²) in [5.74, 6) is -0.747. The second-order valence-electron chi connectivity index (χ2n) is 7.53. The zero-order valence-corrected chi connectivity index (χ0v) is 18.7. The first kappa shape index (κ1) is 21.5. The molecule has 0 spiro atoms. The normalized spacial score (nSPS) is 14.8. The summed E-state index contributed by atoms with van der Waals surface area (Å²) in [7, 11) is 0. The van der Waals surface area contributed by atoms with Crippen molar-refractivity contribution in [2.75, 3.05) is 11.5 Å². The Hall–Kier alpha value is -4.31. The molecule has 1 amide bonds. The quantitative estimate of drug-likeness (QED) is 0.239. The molecule has 2 aromatic carbocycles. The minimum absolute atomic E-state index is 0.0377. The maximum absolute atomic E-state index is 13.5. The highest BCUT2D eigenvalue weighted by molar-refractivity contribution is 7.13. The average molecular weight is 474 g/mol. The molecule has 170 valence electrons. The minimum atomic E-state index is -0.562. The number of anilines is 1. The van der Waals surface area contributed by atoms with Gasteiger partial charge in [0.2, 0.25) is 0 Å². The molecule has 1 atom stereocenters. The smallest absolute Gasteiger partial charge is 0.338 e. The molecule has 10 heteroatoms. The fraction of sp³-hybridized carbons (Fsp3) is 0.125. The third-order valence-corrected chi connectivity index (χ3v) is 6.49. The summed E-state index contributed by atoms with van der Waals surface area (Å²) in [6, 6.07) is 16.0. The third-order valence-electron chi connectivity index (χ3n) is 5.60. The van der Waals surface area contributed by atoms with E-state index >= 15 is 0 Å². The standard InChI is InChI=1S/C24H18N4O5S/c1-2-33-24(30)15-7-9-16(10-8-15)27-22(14-5-11-17(12-6-14)28(31)32)19-20(18-4-3-13-34-18)25-26-21(19)23(27)29/h3-13,22H,2H2,1H3,(H,25,26)/t22-/m1/s1. The first-order valence-electron chi connectivity index (χ1n) is 10.5. The van der Waals surface area contributed by atoms with Gasteiger partial charge in [0.1, 0.15) is 0 Å². The minimum Gasteiger partial charge on any atom is -0.462 e. The summed E-state index contributed by atoms with van der Waals surface area (Å²) in [5, 5.41) is 20.4. The van der Waals surface area contributed by atoms with Crippen molar-refractivity contribution in [3.05, 3.63) is 98.5 Å². The molecule has 0 saturated carbocycles. The van der Waals surface area contributed by atoms with Crippen molar-refractivity contribution >= 4 is 34.6 Å². The zero-order chi connectivity index (χ0) is 23.8. The predicted octanol–water partition coefficient (Wildman–Crippen LogP) is 4.97. The van der Waals surface area contributed by atoms with E-state index in [-0.39, 0.29) is 18.2 Å². The van der Waals surface area contributed by atoms with E-state index in [1.54, 1.807) is 48.2 Å². The van der Waals surface area contributed by atoms with Crippen LogP contribution in [-0.4, -0.2) is 33.6 Å². The van der Waals surface area contributed by atoms with Crippen LogP contribution in [0.1, 0.15) is 44.9 Å². The number of fused-ring (bicyclic) bond motifs is 1. The lowest BCUT2D eigenvalue weighted by Gasteiger charge is -2.26. The van der Waals surface area contributed by atoms with E-state index in [1.807, 2.05) is 17.5 Å². The number of aromatic amines is 1. The van der Waals surface area contributed by atoms with E-state index < -0.39 is 16.9 Å². The second-order valence-corrected chi connectivity index (χ2v) is 8.48. The molecule has 1 aliphatic heterocycles. The molecule has 3 heterocycles. The van der Waals surface area contributed by atoms with E-state index in [1.165, 1.54) is 23.5 Å². The monoisotopic (exact) mass is 474 g/mol. The van der Waals surface area contributed by atoms with Gasteiger partial charge in [-0.15, -0.1) is 11.3 Å². The number of esters is 1. The van der Waals surface area contributed by atoms with Gasteiger partial charge >= 0.3 is 5.97 Å². The highest BCUT2D eigenvalue weighted by Gasteiger charge is 2.43. The van der Waals surface area contributed by atoms with E-state index in [0.29, 0.717) is 28.1 Å². The Bertz CT molecular complexity index is 1380. The van der Waals surface area contributed by atoms with Gasteiger partial charge in [0.25, 0.3) is 11.6 Å². The average Bonchev–Trinajstić information content (AvgIpc) is 3.57. The Balaban J connectivity index is 1.62. The number of nitro benzene ring substituents is 1.